The van der Waals surface area contributed by atoms with E-state index in [4.69, 9.17) is 5.73 Å². The Morgan fingerprint density at radius 2 is 1.53 bits per heavy atom. The molecule has 3 amide bonds. The molecule has 0 spiro atoms. The van der Waals surface area contributed by atoms with Crippen LogP contribution in [0.25, 0.3) is 0 Å². The van der Waals surface area contributed by atoms with Crippen LogP contribution in [0.2, 0.25) is 0 Å². The van der Waals surface area contributed by atoms with Gasteiger partial charge in [0.05, 0.1) is 12.1 Å². The SMILES string of the molecule is CSCCC(N)C(=O)NC(C(=O)NC(Cc1ccccc1)C(=O)NC(C(=O)O)C(C)C)C(C)O. The van der Waals surface area contributed by atoms with E-state index in [1.807, 2.05) is 6.26 Å². The molecule has 1 aromatic rings. The first-order valence-corrected chi connectivity index (χ1v) is 12.5. The monoisotopic (exact) mass is 496 g/mol. The zero-order valence-electron chi connectivity index (χ0n) is 20.0. The number of nitrogens with one attached hydrogen (secondary N) is 3. The summed E-state index contributed by atoms with van der Waals surface area (Å²) in [4.78, 5) is 49.9. The van der Waals surface area contributed by atoms with E-state index in [0.717, 1.165) is 5.56 Å². The van der Waals surface area contributed by atoms with Crippen LogP contribution in [0.1, 0.15) is 32.8 Å². The number of amides is 3. The average Bonchev–Trinajstić information content (AvgIpc) is 2.78. The van der Waals surface area contributed by atoms with Gasteiger partial charge in [0, 0.05) is 6.42 Å². The number of thioether (sulfide) groups is 1. The van der Waals surface area contributed by atoms with Crippen molar-refractivity contribution in [3.05, 3.63) is 35.9 Å². The van der Waals surface area contributed by atoms with Crippen molar-refractivity contribution in [3.63, 3.8) is 0 Å². The Morgan fingerprint density at radius 3 is 2.03 bits per heavy atom. The molecule has 11 heteroatoms. The van der Waals surface area contributed by atoms with Crippen LogP contribution in [-0.2, 0) is 25.6 Å². The number of carboxylic acid groups (broad SMARTS) is 1. The molecule has 0 aliphatic carbocycles. The molecule has 5 unspecified atom stereocenters. The molecule has 0 saturated heterocycles. The van der Waals surface area contributed by atoms with Crippen LogP contribution < -0.4 is 21.7 Å². The minimum atomic E-state index is -1.35. The predicted octanol–water partition coefficient (Wildman–Crippen LogP) is -0.115. The topological polar surface area (TPSA) is 171 Å². The quantitative estimate of drug-likeness (QED) is 0.207. The summed E-state index contributed by atoms with van der Waals surface area (Å²) in [6, 6.07) is 4.39. The van der Waals surface area contributed by atoms with Crippen LogP contribution in [0.5, 0.6) is 0 Å². The maximum atomic E-state index is 13.0. The van der Waals surface area contributed by atoms with Crippen molar-refractivity contribution in [2.24, 2.45) is 11.7 Å². The predicted molar refractivity (Wildman–Crippen MR) is 131 cm³/mol. The van der Waals surface area contributed by atoms with E-state index in [9.17, 15) is 29.4 Å². The Kier molecular flexibility index (Phi) is 12.6. The molecular formula is C23H36N4O6S. The normalized spacial score (nSPS) is 15.5. The standard InChI is InChI=1S/C23H36N4O6S/c1-13(2)18(23(32)33)26-21(30)17(12-15-8-6-5-7-9-15)25-22(31)19(14(3)28)27-20(29)16(24)10-11-34-4/h5-9,13-14,16-19,28H,10-12,24H2,1-4H3,(H,25,31)(H,26,30)(H,27,29)(H,32,33). The maximum absolute atomic E-state index is 13.0. The molecule has 0 aliphatic rings. The summed E-state index contributed by atoms with van der Waals surface area (Å²) in [5, 5.41) is 27.0. The fourth-order valence-electron chi connectivity index (χ4n) is 3.13. The third kappa shape index (κ3) is 9.70. The van der Waals surface area contributed by atoms with Gasteiger partial charge in [0.15, 0.2) is 0 Å². The Labute approximate surface area is 204 Å². The molecule has 0 radical (unpaired) electrons. The molecule has 0 aromatic heterocycles. The van der Waals surface area contributed by atoms with Crippen LogP contribution in [0.4, 0.5) is 0 Å². The second-order valence-corrected chi connectivity index (χ2v) is 9.42. The molecule has 0 fully saturated rings. The Hall–Kier alpha value is -2.63. The summed E-state index contributed by atoms with van der Waals surface area (Å²) in [6.45, 7) is 4.65. The largest absolute Gasteiger partial charge is 0.480 e. The number of hydrogen-bond acceptors (Lipinski definition) is 7. The summed E-state index contributed by atoms with van der Waals surface area (Å²) in [5.41, 5.74) is 6.59. The summed E-state index contributed by atoms with van der Waals surface area (Å²) in [5.74, 6) is -2.99. The van der Waals surface area contributed by atoms with Gasteiger partial charge in [-0.1, -0.05) is 44.2 Å². The van der Waals surface area contributed by atoms with Crippen molar-refractivity contribution in [2.45, 2.75) is 63.9 Å². The van der Waals surface area contributed by atoms with Gasteiger partial charge in [-0.15, -0.1) is 0 Å². The molecule has 7 N–H and O–H groups in total. The summed E-state index contributed by atoms with van der Waals surface area (Å²) in [7, 11) is 0. The van der Waals surface area contributed by atoms with Gasteiger partial charge >= 0.3 is 5.97 Å². The fourth-order valence-corrected chi connectivity index (χ4v) is 3.62. The van der Waals surface area contributed by atoms with E-state index in [0.29, 0.717) is 12.2 Å². The lowest BCUT2D eigenvalue weighted by Crippen LogP contribution is -2.60. The minimum absolute atomic E-state index is 0.0799. The van der Waals surface area contributed by atoms with E-state index in [2.05, 4.69) is 16.0 Å². The summed E-state index contributed by atoms with van der Waals surface area (Å²) < 4.78 is 0. The smallest absolute Gasteiger partial charge is 0.326 e. The molecule has 1 aromatic carbocycles. The van der Waals surface area contributed by atoms with Crippen molar-refractivity contribution in [2.75, 3.05) is 12.0 Å². The van der Waals surface area contributed by atoms with Gasteiger partial charge in [-0.2, -0.15) is 11.8 Å². The lowest BCUT2D eigenvalue weighted by atomic mass is 10.0. The fraction of sp³-hybridized carbons (Fsp3) is 0.565. The van der Waals surface area contributed by atoms with Gasteiger partial charge in [0.25, 0.3) is 0 Å². The van der Waals surface area contributed by atoms with Crippen molar-refractivity contribution >= 4 is 35.5 Å². The van der Waals surface area contributed by atoms with Crippen LogP contribution in [-0.4, -0.2) is 76.2 Å². The molecule has 5 atom stereocenters. The summed E-state index contributed by atoms with van der Waals surface area (Å²) >= 11 is 1.53. The number of benzene rings is 1. The van der Waals surface area contributed by atoms with Gasteiger partial charge in [0.1, 0.15) is 18.1 Å². The molecule has 1 rings (SSSR count). The number of nitrogens with two attached hydrogens (primary N) is 1. The molecular weight excluding hydrogens is 460 g/mol. The van der Waals surface area contributed by atoms with Crippen molar-refractivity contribution in [1.29, 1.82) is 0 Å². The van der Waals surface area contributed by atoms with Crippen LogP contribution in [0.15, 0.2) is 30.3 Å². The van der Waals surface area contributed by atoms with E-state index in [1.54, 1.807) is 44.2 Å². The van der Waals surface area contributed by atoms with Gasteiger partial charge in [-0.25, -0.2) is 4.79 Å². The van der Waals surface area contributed by atoms with Crippen molar-refractivity contribution in [1.82, 2.24) is 16.0 Å². The third-order valence-corrected chi connectivity index (χ3v) is 5.82. The zero-order chi connectivity index (χ0) is 25.8. The first-order chi connectivity index (χ1) is 16.0. The number of aliphatic carboxylic acids is 1. The second-order valence-electron chi connectivity index (χ2n) is 8.43. The van der Waals surface area contributed by atoms with E-state index in [1.165, 1.54) is 18.7 Å². The number of rotatable bonds is 14. The van der Waals surface area contributed by atoms with E-state index >= 15 is 0 Å². The van der Waals surface area contributed by atoms with Gasteiger partial charge in [0.2, 0.25) is 17.7 Å². The number of hydrogen-bond donors (Lipinski definition) is 6. The average molecular weight is 497 g/mol. The number of aliphatic hydroxyl groups excluding tert-OH is 1. The van der Waals surface area contributed by atoms with Gasteiger partial charge < -0.3 is 31.9 Å². The van der Waals surface area contributed by atoms with Crippen LogP contribution >= 0.6 is 11.8 Å². The first-order valence-electron chi connectivity index (χ1n) is 11.1. The van der Waals surface area contributed by atoms with E-state index < -0.39 is 54.0 Å². The van der Waals surface area contributed by atoms with Gasteiger partial charge in [-0.05, 0) is 36.8 Å². The minimum Gasteiger partial charge on any atom is -0.480 e. The lowest BCUT2D eigenvalue weighted by molar-refractivity contribution is -0.143. The molecule has 10 nitrogen and oxygen atoms in total. The number of aliphatic hydroxyl groups is 1. The molecule has 0 heterocycles. The first kappa shape index (κ1) is 29.4. The van der Waals surface area contributed by atoms with Crippen molar-refractivity contribution in [3.8, 4) is 0 Å². The molecule has 34 heavy (non-hydrogen) atoms. The van der Waals surface area contributed by atoms with Gasteiger partial charge in [-0.3, -0.25) is 14.4 Å². The highest BCUT2D eigenvalue weighted by Crippen LogP contribution is 2.08. The van der Waals surface area contributed by atoms with E-state index in [-0.39, 0.29) is 12.3 Å². The van der Waals surface area contributed by atoms with Crippen LogP contribution in [0, 0.1) is 5.92 Å². The molecule has 190 valence electrons. The summed E-state index contributed by atoms with van der Waals surface area (Å²) in [6.07, 6.45) is 1.09. The van der Waals surface area contributed by atoms with Crippen LogP contribution in [0.3, 0.4) is 0 Å². The lowest BCUT2D eigenvalue weighted by Gasteiger charge is -2.27. The Morgan fingerprint density at radius 1 is 0.941 bits per heavy atom. The highest BCUT2D eigenvalue weighted by Gasteiger charge is 2.33. The number of carbonyl (C=O) groups is 4. The molecule has 0 bridgehead atoms. The number of carboxylic acids is 1. The Bertz CT molecular complexity index is 821. The Balaban J connectivity index is 3.06. The van der Waals surface area contributed by atoms with Crippen molar-refractivity contribution < 1.29 is 29.4 Å². The number of carbonyl (C=O) groups excluding carboxylic acids is 3. The zero-order valence-corrected chi connectivity index (χ0v) is 20.8. The third-order valence-electron chi connectivity index (χ3n) is 5.18. The molecule has 0 aliphatic heterocycles. The highest BCUT2D eigenvalue weighted by molar-refractivity contribution is 7.98. The second kappa shape index (κ2) is 14.6. The maximum Gasteiger partial charge on any atom is 0.326 e. The molecule has 0 saturated carbocycles. The highest BCUT2D eigenvalue weighted by atomic mass is 32.2.